The van der Waals surface area contributed by atoms with Crippen LogP contribution in [0, 0.1) is 19.8 Å². The van der Waals surface area contributed by atoms with Gasteiger partial charge in [-0.1, -0.05) is 66.6 Å². The molecule has 1 aliphatic rings. The minimum Gasteiger partial charge on any atom is -0.352 e. The lowest BCUT2D eigenvalue weighted by Crippen LogP contribution is -2.47. The van der Waals surface area contributed by atoms with E-state index in [0.29, 0.717) is 18.1 Å². The predicted molar refractivity (Wildman–Crippen MR) is 136 cm³/mol. The van der Waals surface area contributed by atoms with Gasteiger partial charge in [0.05, 0.1) is 18.2 Å². The molecule has 0 unspecified atom stereocenters. The maximum Gasteiger partial charge on any atom is 0.241 e. The van der Waals surface area contributed by atoms with E-state index in [1.54, 1.807) is 12.1 Å². The van der Waals surface area contributed by atoms with Crippen molar-refractivity contribution in [2.45, 2.75) is 44.0 Å². The van der Waals surface area contributed by atoms with E-state index in [0.717, 1.165) is 32.8 Å². The first kappa shape index (κ1) is 23.4. The van der Waals surface area contributed by atoms with Crippen LogP contribution in [0.15, 0.2) is 71.6 Å². The Hall–Kier alpha value is -2.76. The third-order valence-electron chi connectivity index (χ3n) is 6.00. The first-order valence-corrected chi connectivity index (χ1v) is 12.2. The molecule has 0 aliphatic carbocycles. The first-order chi connectivity index (χ1) is 15.8. The maximum atomic E-state index is 13.7. The molecule has 0 fully saturated rings. The highest BCUT2D eigenvalue weighted by Gasteiger charge is 2.39. The number of hydrogen-bond acceptors (Lipinski definition) is 3. The Morgan fingerprint density at radius 2 is 1.82 bits per heavy atom. The maximum absolute atomic E-state index is 13.7. The van der Waals surface area contributed by atoms with Gasteiger partial charge in [0, 0.05) is 16.5 Å². The summed E-state index contributed by atoms with van der Waals surface area (Å²) < 4.78 is 0. The fourth-order valence-corrected chi connectivity index (χ4v) is 5.36. The summed E-state index contributed by atoms with van der Waals surface area (Å²) in [5.41, 5.74) is 5.29. The number of anilines is 1. The molecule has 2 atom stereocenters. The van der Waals surface area contributed by atoms with Crippen LogP contribution in [0.3, 0.4) is 0 Å². The summed E-state index contributed by atoms with van der Waals surface area (Å²) in [5.74, 6) is -0.653. The number of thioether (sulfide) groups is 1. The first-order valence-electron chi connectivity index (χ1n) is 11.0. The van der Waals surface area contributed by atoms with E-state index in [1.807, 2.05) is 48.2 Å². The number of benzene rings is 3. The third kappa shape index (κ3) is 5.26. The van der Waals surface area contributed by atoms with Gasteiger partial charge in [-0.05, 0) is 54.8 Å². The van der Waals surface area contributed by atoms with Crippen molar-refractivity contribution < 1.29 is 9.59 Å². The highest BCUT2D eigenvalue weighted by atomic mass is 35.5. The number of hydrogen-bond donors (Lipinski definition) is 1. The van der Waals surface area contributed by atoms with Gasteiger partial charge in [0.25, 0.3) is 0 Å². The van der Waals surface area contributed by atoms with Crippen LogP contribution in [0.2, 0.25) is 5.02 Å². The lowest BCUT2D eigenvalue weighted by atomic mass is 10.0. The van der Waals surface area contributed by atoms with Crippen molar-refractivity contribution in [3.8, 4) is 0 Å². The van der Waals surface area contributed by atoms with Crippen molar-refractivity contribution >= 4 is 40.9 Å². The number of carbonyl (C=O) groups is 2. The normalized spacial score (nSPS) is 16.3. The molecule has 0 bridgehead atoms. The second kappa shape index (κ2) is 10.0. The number of amides is 2. The van der Waals surface area contributed by atoms with Crippen LogP contribution in [0.1, 0.15) is 29.2 Å². The van der Waals surface area contributed by atoms with Crippen LogP contribution in [0.4, 0.5) is 5.69 Å². The Kier molecular flexibility index (Phi) is 7.11. The summed E-state index contributed by atoms with van der Waals surface area (Å²) in [6, 6.07) is 21.6. The number of carbonyl (C=O) groups excluding carboxylic acids is 2. The topological polar surface area (TPSA) is 49.4 Å². The summed E-state index contributed by atoms with van der Waals surface area (Å²) >= 11 is 7.42. The van der Waals surface area contributed by atoms with Crippen LogP contribution >= 0.6 is 23.4 Å². The number of aryl methyl sites for hydroxylation is 2. The van der Waals surface area contributed by atoms with Crippen LogP contribution in [-0.4, -0.2) is 17.1 Å². The second-order valence-corrected chi connectivity index (χ2v) is 10.1. The quantitative estimate of drug-likeness (QED) is 0.478. The molecule has 0 radical (unpaired) electrons. The summed E-state index contributed by atoms with van der Waals surface area (Å²) in [5, 5.41) is 3.14. The second-order valence-electron chi connectivity index (χ2n) is 8.49. The van der Waals surface area contributed by atoms with Gasteiger partial charge in [-0.25, -0.2) is 0 Å². The molecule has 4 nitrogen and oxygen atoms in total. The molecule has 1 heterocycles. The molecular formula is C27H27ClN2O2S. The van der Waals surface area contributed by atoms with Crippen molar-refractivity contribution in [2.24, 2.45) is 5.92 Å². The molecule has 1 N–H and O–H groups in total. The van der Waals surface area contributed by atoms with Crippen molar-refractivity contribution in [3.05, 3.63) is 94.0 Å². The van der Waals surface area contributed by atoms with Gasteiger partial charge in [0.1, 0.15) is 5.25 Å². The summed E-state index contributed by atoms with van der Waals surface area (Å²) in [7, 11) is 0. The van der Waals surface area contributed by atoms with E-state index in [1.165, 1.54) is 11.8 Å². The van der Waals surface area contributed by atoms with Gasteiger partial charge in [-0.3, -0.25) is 9.59 Å². The summed E-state index contributed by atoms with van der Waals surface area (Å²) in [6.07, 6.45) is 0. The van der Waals surface area contributed by atoms with E-state index in [9.17, 15) is 9.59 Å². The minimum absolute atomic E-state index is 0.0336. The molecule has 3 aromatic rings. The molecule has 2 amide bonds. The lowest BCUT2D eigenvalue weighted by molar-refractivity contribution is -0.128. The number of fused-ring (bicyclic) bond motifs is 1. The molecule has 0 spiro atoms. The smallest absolute Gasteiger partial charge is 0.241 e. The fraction of sp³-hybridized carbons (Fsp3) is 0.259. The molecule has 0 saturated heterocycles. The van der Waals surface area contributed by atoms with Gasteiger partial charge in [-0.15, -0.1) is 11.8 Å². The number of halogens is 1. The molecule has 1 aliphatic heterocycles. The Labute approximate surface area is 204 Å². The number of nitrogens with zero attached hydrogens (tertiary/aromatic N) is 1. The zero-order valence-corrected chi connectivity index (χ0v) is 20.5. The zero-order valence-electron chi connectivity index (χ0n) is 19.0. The summed E-state index contributed by atoms with van der Waals surface area (Å²) in [6.45, 7) is 6.83. The number of rotatable bonds is 6. The van der Waals surface area contributed by atoms with E-state index in [2.05, 4.69) is 37.4 Å². The SMILES string of the molecule is Cc1ccc(C)c(CN2C(=O)[C@H]([C@H](C)C(=O)NCc3ccc(Cl)cc3)Sc3ccccc32)c1. The van der Waals surface area contributed by atoms with Gasteiger partial charge < -0.3 is 10.2 Å². The zero-order chi connectivity index (χ0) is 23.5. The van der Waals surface area contributed by atoms with E-state index < -0.39 is 11.2 Å². The van der Waals surface area contributed by atoms with Crippen LogP contribution < -0.4 is 10.2 Å². The molecule has 6 heteroatoms. The van der Waals surface area contributed by atoms with Crippen LogP contribution in [0.25, 0.3) is 0 Å². The lowest BCUT2D eigenvalue weighted by Gasteiger charge is -2.36. The Morgan fingerprint density at radius 3 is 2.58 bits per heavy atom. The van der Waals surface area contributed by atoms with Crippen LogP contribution in [0.5, 0.6) is 0 Å². The van der Waals surface area contributed by atoms with Gasteiger partial charge in [0.15, 0.2) is 0 Å². The predicted octanol–water partition coefficient (Wildman–Crippen LogP) is 5.92. The van der Waals surface area contributed by atoms with Crippen molar-refractivity contribution in [2.75, 3.05) is 4.90 Å². The monoisotopic (exact) mass is 478 g/mol. The Morgan fingerprint density at radius 1 is 1.09 bits per heavy atom. The van der Waals surface area contributed by atoms with E-state index >= 15 is 0 Å². The molecule has 170 valence electrons. The Balaban J connectivity index is 1.55. The van der Waals surface area contributed by atoms with Crippen LogP contribution in [-0.2, 0) is 22.7 Å². The van der Waals surface area contributed by atoms with Gasteiger partial charge in [-0.2, -0.15) is 0 Å². The average molecular weight is 479 g/mol. The fourth-order valence-electron chi connectivity index (χ4n) is 3.95. The van der Waals surface area contributed by atoms with Crippen molar-refractivity contribution in [3.63, 3.8) is 0 Å². The van der Waals surface area contributed by atoms with Crippen molar-refractivity contribution in [1.29, 1.82) is 0 Å². The standard InChI is InChI=1S/C27H27ClN2O2S/c1-17-8-9-18(2)21(14-17)16-30-23-6-4-5-7-24(23)33-25(27(30)32)19(3)26(31)29-15-20-10-12-22(28)13-11-20/h4-14,19,25H,15-16H2,1-3H3,(H,29,31)/t19-,25-/m0/s1. The van der Waals surface area contributed by atoms with E-state index in [4.69, 9.17) is 11.6 Å². The third-order valence-corrected chi connectivity index (χ3v) is 7.72. The number of nitrogens with one attached hydrogen (secondary N) is 1. The largest absolute Gasteiger partial charge is 0.352 e. The molecule has 3 aromatic carbocycles. The molecular weight excluding hydrogens is 452 g/mol. The number of para-hydroxylation sites is 1. The highest BCUT2D eigenvalue weighted by Crippen LogP contribution is 2.42. The molecule has 4 rings (SSSR count). The average Bonchev–Trinajstić information content (AvgIpc) is 2.81. The molecule has 0 aromatic heterocycles. The van der Waals surface area contributed by atoms with E-state index in [-0.39, 0.29) is 11.8 Å². The van der Waals surface area contributed by atoms with Gasteiger partial charge >= 0.3 is 0 Å². The summed E-state index contributed by atoms with van der Waals surface area (Å²) in [4.78, 5) is 29.5. The van der Waals surface area contributed by atoms with Crippen molar-refractivity contribution in [1.82, 2.24) is 5.32 Å². The van der Waals surface area contributed by atoms with Gasteiger partial charge in [0.2, 0.25) is 11.8 Å². The Bertz CT molecular complexity index is 1180. The molecule has 33 heavy (non-hydrogen) atoms. The highest BCUT2D eigenvalue weighted by molar-refractivity contribution is 8.01. The molecule has 0 saturated carbocycles. The minimum atomic E-state index is -0.491.